The van der Waals surface area contributed by atoms with Crippen LogP contribution in [-0.2, 0) is 9.84 Å². The minimum Gasteiger partial charge on any atom is -0.312 e. The van der Waals surface area contributed by atoms with Gasteiger partial charge in [-0.05, 0) is 31.0 Å². The Balaban J connectivity index is 1.63. The average Bonchev–Trinajstić information content (AvgIpc) is 3.07. The van der Waals surface area contributed by atoms with E-state index in [-0.39, 0.29) is 5.88 Å². The molecule has 2 saturated heterocycles. The van der Waals surface area contributed by atoms with Gasteiger partial charge in [-0.15, -0.1) is 0 Å². The Morgan fingerprint density at radius 2 is 2.18 bits per heavy atom. The Hall–Kier alpha value is -1.50. The lowest BCUT2D eigenvalue weighted by molar-refractivity contribution is 0.358. The van der Waals surface area contributed by atoms with Crippen molar-refractivity contribution in [1.82, 2.24) is 15.2 Å². The summed E-state index contributed by atoms with van der Waals surface area (Å²) in [5.41, 5.74) is 0. The molecule has 22 heavy (non-hydrogen) atoms. The van der Waals surface area contributed by atoms with Gasteiger partial charge in [0.1, 0.15) is 5.88 Å². The lowest BCUT2D eigenvalue weighted by Gasteiger charge is -2.17. The average molecular weight is 317 g/mol. The molecular formula is C16H19N3O2S. The highest BCUT2D eigenvalue weighted by Gasteiger charge is 2.37. The van der Waals surface area contributed by atoms with Gasteiger partial charge < -0.3 is 5.32 Å². The first-order chi connectivity index (χ1) is 10.6. The fourth-order valence-corrected chi connectivity index (χ4v) is 5.36. The summed E-state index contributed by atoms with van der Waals surface area (Å²) in [5.74, 6) is 0.704. The molecule has 0 aliphatic carbocycles. The fourth-order valence-electron chi connectivity index (χ4n) is 3.72. The number of nitrogens with zero attached hydrogens (tertiary/aromatic N) is 2. The predicted molar refractivity (Wildman–Crippen MR) is 85.3 cm³/mol. The Morgan fingerprint density at radius 1 is 1.27 bits per heavy atom. The molecule has 0 spiro atoms. The number of fused-ring (bicyclic) bond motifs is 2. The van der Waals surface area contributed by atoms with Gasteiger partial charge >= 0.3 is 0 Å². The summed E-state index contributed by atoms with van der Waals surface area (Å²) in [5, 5.41) is 5.08. The molecule has 4 rings (SSSR count). The molecule has 0 bridgehead atoms. The smallest absolute Gasteiger partial charge is 0.192 e. The zero-order valence-corrected chi connectivity index (χ0v) is 13.1. The van der Waals surface area contributed by atoms with Crippen molar-refractivity contribution in [2.45, 2.75) is 17.4 Å². The Morgan fingerprint density at radius 3 is 3.05 bits per heavy atom. The number of pyridine rings is 1. The van der Waals surface area contributed by atoms with E-state index < -0.39 is 9.84 Å². The second-order valence-electron chi connectivity index (χ2n) is 6.24. The zero-order valence-electron chi connectivity index (χ0n) is 12.3. The summed E-state index contributed by atoms with van der Waals surface area (Å²) < 4.78 is 25.7. The molecule has 2 fully saturated rings. The van der Waals surface area contributed by atoms with Gasteiger partial charge in [0.2, 0.25) is 0 Å². The SMILES string of the molecule is O=S(=O)(CN1C[C@@H]2CCN[C@@H]2C1)c1cccc2cnccc12. The van der Waals surface area contributed by atoms with Gasteiger partial charge in [0, 0.05) is 42.3 Å². The second kappa shape index (κ2) is 5.30. The maximum absolute atomic E-state index is 12.8. The standard InChI is InChI=1S/C16H19N3O2S/c20-22(21,11-19-9-13-4-7-18-15(13)10-19)16-3-1-2-12-8-17-6-5-14(12)16/h1-3,5-6,8,13,15,18H,4,7,9-11H2/t13-,15+/m0/s1. The van der Waals surface area contributed by atoms with Crippen molar-refractivity contribution in [3.8, 4) is 0 Å². The van der Waals surface area contributed by atoms with Crippen LogP contribution in [0.1, 0.15) is 6.42 Å². The molecule has 1 aromatic carbocycles. The number of hydrogen-bond acceptors (Lipinski definition) is 5. The molecule has 3 heterocycles. The minimum absolute atomic E-state index is 0.100. The molecule has 6 heteroatoms. The molecule has 2 atom stereocenters. The molecule has 2 aromatic rings. The minimum atomic E-state index is -3.33. The van der Waals surface area contributed by atoms with Crippen LogP contribution < -0.4 is 5.32 Å². The van der Waals surface area contributed by atoms with Crippen molar-refractivity contribution in [3.63, 3.8) is 0 Å². The normalized spacial score (nSPS) is 25.6. The lowest BCUT2D eigenvalue weighted by atomic mass is 10.1. The molecule has 1 aromatic heterocycles. The first kappa shape index (κ1) is 14.1. The summed E-state index contributed by atoms with van der Waals surface area (Å²) >= 11 is 0. The molecular weight excluding hydrogens is 298 g/mol. The first-order valence-corrected chi connectivity index (χ1v) is 9.30. The van der Waals surface area contributed by atoms with Crippen LogP contribution >= 0.6 is 0 Å². The highest BCUT2D eigenvalue weighted by Crippen LogP contribution is 2.28. The maximum Gasteiger partial charge on any atom is 0.192 e. The van der Waals surface area contributed by atoms with Crippen LogP contribution in [0, 0.1) is 5.92 Å². The Kier molecular flexibility index (Phi) is 3.40. The summed E-state index contributed by atoms with van der Waals surface area (Å²) in [7, 11) is -3.33. The van der Waals surface area contributed by atoms with E-state index in [1.165, 1.54) is 0 Å². The molecule has 0 unspecified atom stereocenters. The second-order valence-corrected chi connectivity index (χ2v) is 8.17. The number of hydrogen-bond donors (Lipinski definition) is 1. The predicted octanol–water partition coefficient (Wildman–Crippen LogP) is 1.26. The third kappa shape index (κ3) is 2.41. The van der Waals surface area contributed by atoms with Crippen LogP contribution in [0.15, 0.2) is 41.6 Å². The Bertz CT molecular complexity index is 789. The van der Waals surface area contributed by atoms with Crippen LogP contribution in [0.4, 0.5) is 0 Å². The summed E-state index contributed by atoms with van der Waals surface area (Å²) in [6, 6.07) is 7.63. The van der Waals surface area contributed by atoms with E-state index in [1.807, 2.05) is 6.07 Å². The number of aromatic nitrogens is 1. The van der Waals surface area contributed by atoms with Crippen LogP contribution in [0.25, 0.3) is 10.8 Å². The van der Waals surface area contributed by atoms with Crippen molar-refractivity contribution in [1.29, 1.82) is 0 Å². The van der Waals surface area contributed by atoms with Gasteiger partial charge in [-0.3, -0.25) is 9.88 Å². The fraction of sp³-hybridized carbons (Fsp3) is 0.438. The first-order valence-electron chi connectivity index (χ1n) is 7.65. The Labute approximate surface area is 130 Å². The van der Waals surface area contributed by atoms with Gasteiger partial charge in [0.15, 0.2) is 9.84 Å². The van der Waals surface area contributed by atoms with E-state index in [2.05, 4.69) is 15.2 Å². The summed E-state index contributed by atoms with van der Waals surface area (Å²) in [6.45, 7) is 2.77. The van der Waals surface area contributed by atoms with Gasteiger partial charge in [-0.25, -0.2) is 8.42 Å². The van der Waals surface area contributed by atoms with Gasteiger partial charge in [-0.2, -0.15) is 0 Å². The summed E-state index contributed by atoms with van der Waals surface area (Å²) in [6.07, 6.45) is 4.51. The lowest BCUT2D eigenvalue weighted by Crippen LogP contribution is -2.33. The molecule has 0 amide bonds. The molecule has 0 radical (unpaired) electrons. The van der Waals surface area contributed by atoms with Crippen molar-refractivity contribution in [3.05, 3.63) is 36.7 Å². The topological polar surface area (TPSA) is 62.3 Å². The van der Waals surface area contributed by atoms with Crippen molar-refractivity contribution in [2.75, 3.05) is 25.5 Å². The number of rotatable bonds is 3. The van der Waals surface area contributed by atoms with E-state index in [9.17, 15) is 8.42 Å². The molecule has 1 N–H and O–H groups in total. The van der Waals surface area contributed by atoms with Crippen LogP contribution in [-0.4, -0.2) is 49.9 Å². The van der Waals surface area contributed by atoms with E-state index >= 15 is 0 Å². The van der Waals surface area contributed by atoms with Crippen molar-refractivity contribution in [2.24, 2.45) is 5.92 Å². The third-order valence-corrected chi connectivity index (χ3v) is 6.50. The van der Waals surface area contributed by atoms with Crippen LogP contribution in [0.2, 0.25) is 0 Å². The molecule has 5 nitrogen and oxygen atoms in total. The number of nitrogens with one attached hydrogen (secondary N) is 1. The molecule has 2 aliphatic heterocycles. The molecule has 0 saturated carbocycles. The molecule has 116 valence electrons. The van der Waals surface area contributed by atoms with Crippen molar-refractivity contribution < 1.29 is 8.42 Å². The third-order valence-electron chi connectivity index (χ3n) is 4.77. The number of benzene rings is 1. The van der Waals surface area contributed by atoms with Crippen LogP contribution in [0.3, 0.4) is 0 Å². The molecule has 2 aliphatic rings. The van der Waals surface area contributed by atoms with E-state index in [1.54, 1.807) is 30.6 Å². The summed E-state index contributed by atoms with van der Waals surface area (Å²) in [4.78, 5) is 6.54. The van der Waals surface area contributed by atoms with Gasteiger partial charge in [-0.1, -0.05) is 12.1 Å². The van der Waals surface area contributed by atoms with Crippen LogP contribution in [0.5, 0.6) is 0 Å². The maximum atomic E-state index is 12.8. The van der Waals surface area contributed by atoms with E-state index in [0.29, 0.717) is 16.9 Å². The largest absolute Gasteiger partial charge is 0.312 e. The number of sulfone groups is 1. The highest BCUT2D eigenvalue weighted by molar-refractivity contribution is 7.91. The van der Waals surface area contributed by atoms with Crippen molar-refractivity contribution >= 4 is 20.6 Å². The zero-order chi connectivity index (χ0) is 15.2. The van der Waals surface area contributed by atoms with Gasteiger partial charge in [0.05, 0.1) is 4.90 Å². The monoisotopic (exact) mass is 317 g/mol. The van der Waals surface area contributed by atoms with E-state index in [4.69, 9.17) is 0 Å². The highest BCUT2D eigenvalue weighted by atomic mass is 32.2. The number of likely N-dealkylation sites (tertiary alicyclic amines) is 1. The van der Waals surface area contributed by atoms with Gasteiger partial charge in [0.25, 0.3) is 0 Å². The quantitative estimate of drug-likeness (QED) is 0.923. The van der Waals surface area contributed by atoms with E-state index in [0.717, 1.165) is 36.8 Å².